The highest BCUT2D eigenvalue weighted by molar-refractivity contribution is 9.10. The van der Waals surface area contributed by atoms with Crippen molar-refractivity contribution in [2.24, 2.45) is 0 Å². The molecule has 0 spiro atoms. The molecule has 1 aromatic rings. The van der Waals surface area contributed by atoms with E-state index in [1.807, 2.05) is 0 Å². The molecule has 1 N–H and O–H groups in total. The summed E-state index contributed by atoms with van der Waals surface area (Å²) in [5.74, 6) is 4.74. The molecule has 0 bridgehead atoms. The molecule has 0 heterocycles. The summed E-state index contributed by atoms with van der Waals surface area (Å²) in [6, 6.07) is 3.72. The Bertz CT molecular complexity index is 493. The van der Waals surface area contributed by atoms with Crippen molar-refractivity contribution in [3.63, 3.8) is 0 Å². The summed E-state index contributed by atoms with van der Waals surface area (Å²) in [6.45, 7) is 2.95. The Balaban J connectivity index is 3.05. The van der Waals surface area contributed by atoms with Gasteiger partial charge in [-0.15, -0.1) is 13.2 Å². The van der Waals surface area contributed by atoms with Crippen molar-refractivity contribution in [1.29, 1.82) is 0 Å². The second-order valence-electron chi connectivity index (χ2n) is 4.00. The zero-order valence-electron chi connectivity index (χ0n) is 9.60. The van der Waals surface area contributed by atoms with E-state index in [1.54, 1.807) is 0 Å². The van der Waals surface area contributed by atoms with Gasteiger partial charge in [0.25, 0.3) is 0 Å². The largest absolute Gasteiger partial charge is 0.573 e. The van der Waals surface area contributed by atoms with Crippen LogP contribution in [0, 0.1) is 11.8 Å². The lowest BCUT2D eigenvalue weighted by atomic mass is 10.1. The maximum absolute atomic E-state index is 12.0. The minimum Gasteiger partial charge on any atom is -0.406 e. The summed E-state index contributed by atoms with van der Waals surface area (Å²) in [5.41, 5.74) is -0.917. The predicted molar refractivity (Wildman–Crippen MR) is 64.0 cm³/mol. The first-order chi connectivity index (χ1) is 8.07. The lowest BCUT2D eigenvalue weighted by Crippen LogP contribution is -2.17. The van der Waals surface area contributed by atoms with Crippen LogP contribution in [0.15, 0.2) is 22.7 Å². The predicted octanol–water partition coefficient (Wildman–Crippen LogP) is 3.47. The molecular weight excluding hydrogens is 313 g/mol. The Morgan fingerprint density at radius 1 is 1.28 bits per heavy atom. The van der Waals surface area contributed by atoms with Crippen LogP contribution in [0.3, 0.4) is 0 Å². The van der Waals surface area contributed by atoms with Gasteiger partial charge in [0.2, 0.25) is 0 Å². The average molecular weight is 323 g/mol. The van der Waals surface area contributed by atoms with Crippen LogP contribution in [0.1, 0.15) is 19.4 Å². The van der Waals surface area contributed by atoms with E-state index in [-0.39, 0.29) is 5.75 Å². The standard InChI is InChI=1S/C12H10BrF3O2/c1-11(2,17)6-5-8-7-9(3-4-10(8)13)18-12(14,15)16/h3-4,7,17H,1-2H3. The molecule has 18 heavy (non-hydrogen) atoms. The van der Waals surface area contributed by atoms with Gasteiger partial charge in [0.05, 0.1) is 0 Å². The van der Waals surface area contributed by atoms with Crippen LogP contribution in [-0.4, -0.2) is 17.1 Å². The second kappa shape index (κ2) is 5.21. The van der Waals surface area contributed by atoms with Crippen molar-refractivity contribution in [2.45, 2.75) is 25.8 Å². The van der Waals surface area contributed by atoms with E-state index >= 15 is 0 Å². The Hall–Kier alpha value is -1.19. The maximum atomic E-state index is 12.0. The van der Waals surface area contributed by atoms with Crippen LogP contribution in [0.2, 0.25) is 0 Å². The Kier molecular flexibility index (Phi) is 4.30. The van der Waals surface area contributed by atoms with Gasteiger partial charge < -0.3 is 9.84 Å². The smallest absolute Gasteiger partial charge is 0.406 e. The monoisotopic (exact) mass is 322 g/mol. The molecule has 1 aromatic carbocycles. The van der Waals surface area contributed by atoms with E-state index in [0.717, 1.165) is 6.07 Å². The third kappa shape index (κ3) is 5.43. The normalized spacial score (nSPS) is 11.7. The number of ether oxygens (including phenoxy) is 1. The summed E-state index contributed by atoms with van der Waals surface area (Å²) in [7, 11) is 0. The third-order valence-corrected chi connectivity index (χ3v) is 2.37. The molecule has 0 amide bonds. The minimum absolute atomic E-state index is 0.305. The zero-order valence-corrected chi connectivity index (χ0v) is 11.2. The number of halogens is 4. The molecular formula is C12H10BrF3O2. The molecule has 2 nitrogen and oxygen atoms in total. The summed E-state index contributed by atoms with van der Waals surface area (Å²) in [6.07, 6.45) is -4.74. The zero-order chi connectivity index (χ0) is 14.0. The number of alkyl halides is 3. The molecule has 0 unspecified atom stereocenters. The molecule has 0 saturated heterocycles. The molecule has 0 aromatic heterocycles. The summed E-state index contributed by atoms with van der Waals surface area (Å²) in [5, 5.41) is 9.43. The molecule has 6 heteroatoms. The summed E-state index contributed by atoms with van der Waals surface area (Å²) < 4.78 is 40.4. The average Bonchev–Trinajstić information content (AvgIpc) is 2.15. The summed E-state index contributed by atoms with van der Waals surface area (Å²) >= 11 is 3.16. The number of hydrogen-bond acceptors (Lipinski definition) is 2. The number of benzene rings is 1. The van der Waals surface area contributed by atoms with E-state index in [0.29, 0.717) is 10.0 Å². The molecule has 98 valence electrons. The molecule has 0 aliphatic heterocycles. The number of aliphatic hydroxyl groups is 1. The van der Waals surface area contributed by atoms with Crippen LogP contribution in [0.25, 0.3) is 0 Å². The van der Waals surface area contributed by atoms with E-state index in [9.17, 15) is 18.3 Å². The minimum atomic E-state index is -4.74. The fourth-order valence-electron chi connectivity index (χ4n) is 1.02. The van der Waals surface area contributed by atoms with E-state index in [4.69, 9.17) is 0 Å². The van der Waals surface area contributed by atoms with Crippen molar-refractivity contribution in [1.82, 2.24) is 0 Å². The van der Waals surface area contributed by atoms with Gasteiger partial charge in [-0.25, -0.2) is 0 Å². The van der Waals surface area contributed by atoms with E-state index < -0.39 is 12.0 Å². The van der Waals surface area contributed by atoms with Gasteiger partial charge in [-0.2, -0.15) is 0 Å². The SMILES string of the molecule is CC(C)(O)C#Cc1cc(OC(F)(F)F)ccc1Br. The van der Waals surface area contributed by atoms with E-state index in [2.05, 4.69) is 32.5 Å². The molecule has 0 aliphatic rings. The van der Waals surface area contributed by atoms with Crippen LogP contribution in [-0.2, 0) is 0 Å². The van der Waals surface area contributed by atoms with E-state index in [1.165, 1.54) is 26.0 Å². The summed E-state index contributed by atoms with van der Waals surface area (Å²) in [4.78, 5) is 0. The maximum Gasteiger partial charge on any atom is 0.573 e. The van der Waals surface area contributed by atoms with Crippen molar-refractivity contribution in [3.05, 3.63) is 28.2 Å². The highest BCUT2D eigenvalue weighted by Gasteiger charge is 2.31. The van der Waals surface area contributed by atoms with Crippen LogP contribution < -0.4 is 4.74 Å². The van der Waals surface area contributed by atoms with Gasteiger partial charge in [0.1, 0.15) is 11.4 Å². The van der Waals surface area contributed by atoms with Crippen molar-refractivity contribution >= 4 is 15.9 Å². The van der Waals surface area contributed by atoms with Gasteiger partial charge in [-0.3, -0.25) is 0 Å². The van der Waals surface area contributed by atoms with Crippen molar-refractivity contribution in [2.75, 3.05) is 0 Å². The van der Waals surface area contributed by atoms with Gasteiger partial charge in [0, 0.05) is 10.0 Å². The Morgan fingerprint density at radius 2 is 1.89 bits per heavy atom. The highest BCUT2D eigenvalue weighted by atomic mass is 79.9. The van der Waals surface area contributed by atoms with Gasteiger partial charge in [-0.1, -0.05) is 11.8 Å². The molecule has 0 aliphatic carbocycles. The molecule has 0 fully saturated rings. The second-order valence-corrected chi connectivity index (χ2v) is 4.85. The fourth-order valence-corrected chi connectivity index (χ4v) is 1.36. The highest BCUT2D eigenvalue weighted by Crippen LogP contribution is 2.27. The Morgan fingerprint density at radius 3 is 2.39 bits per heavy atom. The quantitative estimate of drug-likeness (QED) is 0.802. The van der Waals surface area contributed by atoms with Gasteiger partial charge in [0.15, 0.2) is 0 Å². The lowest BCUT2D eigenvalue weighted by Gasteiger charge is -2.10. The first-order valence-electron chi connectivity index (χ1n) is 4.88. The van der Waals surface area contributed by atoms with Crippen LogP contribution in [0.4, 0.5) is 13.2 Å². The molecule has 1 rings (SSSR count). The van der Waals surface area contributed by atoms with Crippen LogP contribution >= 0.6 is 15.9 Å². The fraction of sp³-hybridized carbons (Fsp3) is 0.333. The van der Waals surface area contributed by atoms with Crippen molar-refractivity contribution < 1.29 is 23.0 Å². The number of rotatable bonds is 1. The first-order valence-corrected chi connectivity index (χ1v) is 5.67. The molecule has 0 atom stereocenters. The molecule has 0 saturated carbocycles. The van der Waals surface area contributed by atoms with Gasteiger partial charge in [-0.05, 0) is 48.0 Å². The lowest BCUT2D eigenvalue weighted by molar-refractivity contribution is -0.274. The Labute approximate surface area is 111 Å². The molecule has 0 radical (unpaired) electrons. The first kappa shape index (κ1) is 14.9. The van der Waals surface area contributed by atoms with Crippen molar-refractivity contribution in [3.8, 4) is 17.6 Å². The van der Waals surface area contributed by atoms with Crippen LogP contribution in [0.5, 0.6) is 5.75 Å². The number of hydrogen-bond donors (Lipinski definition) is 1. The topological polar surface area (TPSA) is 29.5 Å². The van der Waals surface area contributed by atoms with Gasteiger partial charge >= 0.3 is 6.36 Å². The third-order valence-electron chi connectivity index (χ3n) is 1.67.